The van der Waals surface area contributed by atoms with E-state index in [0.717, 1.165) is 5.56 Å². The minimum Gasteiger partial charge on any atom is -0.435 e. The number of ether oxygens (including phenoxy) is 1. The van der Waals surface area contributed by atoms with E-state index >= 15 is 0 Å². The quantitative estimate of drug-likeness (QED) is 0.540. The molecule has 0 spiro atoms. The second-order valence-electron chi connectivity index (χ2n) is 6.71. The van der Waals surface area contributed by atoms with Crippen molar-refractivity contribution in [2.45, 2.75) is 25.0 Å². The molecule has 0 atom stereocenters. The van der Waals surface area contributed by atoms with Gasteiger partial charge < -0.3 is 10.1 Å². The summed E-state index contributed by atoms with van der Waals surface area (Å²) < 4.78 is 56.5. The largest absolute Gasteiger partial charge is 0.435 e. The van der Waals surface area contributed by atoms with Gasteiger partial charge in [0.05, 0.1) is 4.90 Å². The van der Waals surface area contributed by atoms with Crippen LogP contribution in [0.4, 0.5) is 14.5 Å². The first-order chi connectivity index (χ1) is 14.7. The van der Waals surface area contributed by atoms with Gasteiger partial charge in [0.25, 0.3) is 15.9 Å². The van der Waals surface area contributed by atoms with Crippen LogP contribution in [0.2, 0.25) is 0 Å². The topological polar surface area (TPSA) is 84.5 Å². The zero-order valence-corrected chi connectivity index (χ0v) is 17.3. The lowest BCUT2D eigenvalue weighted by Crippen LogP contribution is -2.23. The number of carbonyl (C=O) groups excluding carboxylic acids is 1. The maximum absolute atomic E-state index is 12.7. The molecule has 0 aliphatic rings. The highest BCUT2D eigenvalue weighted by Crippen LogP contribution is 2.19. The number of aryl methyl sites for hydroxylation is 1. The van der Waals surface area contributed by atoms with Crippen molar-refractivity contribution in [3.05, 3.63) is 89.5 Å². The summed E-state index contributed by atoms with van der Waals surface area (Å²) in [6.07, 6.45) is 0. The van der Waals surface area contributed by atoms with E-state index in [1.807, 2.05) is 13.0 Å². The standard InChI is InChI=1S/C22H20F2N2O4S/c1-15-4-2-6-18(12-15)26-31(28,29)20-7-3-5-17(13-20)21(27)25-14-16-8-10-19(11-9-16)30-22(23)24/h2-13,22,26H,14H2,1H3,(H,25,27). The fourth-order valence-electron chi connectivity index (χ4n) is 2.80. The van der Waals surface area contributed by atoms with Gasteiger partial charge in [-0.25, -0.2) is 8.42 Å². The van der Waals surface area contributed by atoms with Crippen LogP contribution >= 0.6 is 0 Å². The van der Waals surface area contributed by atoms with Crippen molar-refractivity contribution in [2.24, 2.45) is 0 Å². The molecule has 0 saturated heterocycles. The third-order valence-corrected chi connectivity index (χ3v) is 5.66. The van der Waals surface area contributed by atoms with E-state index in [0.29, 0.717) is 11.3 Å². The highest BCUT2D eigenvalue weighted by molar-refractivity contribution is 7.92. The molecule has 0 aliphatic heterocycles. The van der Waals surface area contributed by atoms with Gasteiger partial charge in [0.15, 0.2) is 0 Å². The van der Waals surface area contributed by atoms with Crippen LogP contribution in [0, 0.1) is 6.92 Å². The van der Waals surface area contributed by atoms with Crippen LogP contribution in [0.5, 0.6) is 5.75 Å². The molecule has 0 aromatic heterocycles. The maximum Gasteiger partial charge on any atom is 0.387 e. The first-order valence-electron chi connectivity index (χ1n) is 9.24. The molecule has 0 unspecified atom stereocenters. The van der Waals surface area contributed by atoms with Gasteiger partial charge in [-0.1, -0.05) is 30.3 Å². The summed E-state index contributed by atoms with van der Waals surface area (Å²) in [5.74, 6) is -0.454. The Morgan fingerprint density at radius 3 is 2.39 bits per heavy atom. The zero-order valence-electron chi connectivity index (χ0n) is 16.5. The molecule has 162 valence electrons. The SMILES string of the molecule is Cc1cccc(NS(=O)(=O)c2cccc(C(=O)NCc3ccc(OC(F)F)cc3)c2)c1. The van der Waals surface area contributed by atoms with Crippen molar-refractivity contribution >= 4 is 21.6 Å². The molecule has 9 heteroatoms. The molecule has 3 rings (SSSR count). The molecule has 6 nitrogen and oxygen atoms in total. The smallest absolute Gasteiger partial charge is 0.387 e. The van der Waals surface area contributed by atoms with Gasteiger partial charge >= 0.3 is 6.61 Å². The number of nitrogens with one attached hydrogen (secondary N) is 2. The van der Waals surface area contributed by atoms with Crippen LogP contribution in [-0.4, -0.2) is 20.9 Å². The number of amides is 1. The summed E-state index contributed by atoms with van der Waals surface area (Å²) in [5.41, 5.74) is 2.17. The number of sulfonamides is 1. The van der Waals surface area contributed by atoms with E-state index in [-0.39, 0.29) is 22.8 Å². The number of halogens is 2. The minimum atomic E-state index is -3.87. The molecule has 0 radical (unpaired) electrons. The predicted octanol–water partition coefficient (Wildman–Crippen LogP) is 4.33. The fourth-order valence-corrected chi connectivity index (χ4v) is 3.90. The first-order valence-corrected chi connectivity index (χ1v) is 10.7. The average molecular weight is 446 g/mol. The molecule has 0 aliphatic carbocycles. The zero-order chi connectivity index (χ0) is 22.4. The van der Waals surface area contributed by atoms with E-state index in [2.05, 4.69) is 14.8 Å². The van der Waals surface area contributed by atoms with Crippen LogP contribution in [0.25, 0.3) is 0 Å². The molecular formula is C22H20F2N2O4S. The molecular weight excluding hydrogens is 426 g/mol. The van der Waals surface area contributed by atoms with E-state index in [9.17, 15) is 22.0 Å². The summed E-state index contributed by atoms with van der Waals surface area (Å²) in [5, 5.41) is 2.67. The van der Waals surface area contributed by atoms with E-state index in [4.69, 9.17) is 0 Å². The monoisotopic (exact) mass is 446 g/mol. The maximum atomic E-state index is 12.7. The van der Waals surface area contributed by atoms with Gasteiger partial charge in [-0.15, -0.1) is 0 Å². The minimum absolute atomic E-state index is 0.0177. The lowest BCUT2D eigenvalue weighted by Gasteiger charge is -2.11. The van der Waals surface area contributed by atoms with Gasteiger partial charge in [-0.3, -0.25) is 9.52 Å². The second-order valence-corrected chi connectivity index (χ2v) is 8.39. The van der Waals surface area contributed by atoms with Gasteiger partial charge in [-0.2, -0.15) is 8.78 Å². The van der Waals surface area contributed by atoms with Crippen LogP contribution < -0.4 is 14.8 Å². The third-order valence-electron chi connectivity index (χ3n) is 4.28. The normalized spacial score (nSPS) is 11.2. The Bertz CT molecular complexity index is 1170. The Hall–Kier alpha value is -3.46. The first kappa shape index (κ1) is 22.2. The van der Waals surface area contributed by atoms with Crippen LogP contribution in [0.1, 0.15) is 21.5 Å². The molecule has 2 N–H and O–H groups in total. The summed E-state index contributed by atoms with van der Waals surface area (Å²) in [4.78, 5) is 12.4. The van der Waals surface area contributed by atoms with Crippen molar-refractivity contribution < 1.29 is 26.7 Å². The lowest BCUT2D eigenvalue weighted by atomic mass is 10.2. The number of alkyl halides is 2. The van der Waals surface area contributed by atoms with E-state index in [1.165, 1.54) is 36.4 Å². The number of hydrogen-bond acceptors (Lipinski definition) is 4. The third kappa shape index (κ3) is 6.26. The molecule has 3 aromatic carbocycles. The number of rotatable bonds is 8. The van der Waals surface area contributed by atoms with Crippen molar-refractivity contribution in [2.75, 3.05) is 4.72 Å². The Balaban J connectivity index is 1.67. The van der Waals surface area contributed by atoms with Crippen molar-refractivity contribution in [3.63, 3.8) is 0 Å². The van der Waals surface area contributed by atoms with Gasteiger partial charge in [0.1, 0.15) is 5.75 Å². The van der Waals surface area contributed by atoms with Crippen LogP contribution in [0.3, 0.4) is 0 Å². The summed E-state index contributed by atoms with van der Waals surface area (Å²) in [7, 11) is -3.87. The Morgan fingerprint density at radius 2 is 1.71 bits per heavy atom. The Morgan fingerprint density at radius 1 is 1.00 bits per heavy atom. The number of anilines is 1. The average Bonchev–Trinajstić information content (AvgIpc) is 2.72. The van der Waals surface area contributed by atoms with Crippen LogP contribution in [0.15, 0.2) is 77.7 Å². The van der Waals surface area contributed by atoms with Gasteiger partial charge in [-0.05, 0) is 60.5 Å². The predicted molar refractivity (Wildman–Crippen MR) is 113 cm³/mol. The highest BCUT2D eigenvalue weighted by atomic mass is 32.2. The number of carbonyl (C=O) groups is 1. The van der Waals surface area contributed by atoms with E-state index in [1.54, 1.807) is 30.3 Å². The van der Waals surface area contributed by atoms with Crippen molar-refractivity contribution in [1.82, 2.24) is 5.32 Å². The second kappa shape index (κ2) is 9.57. The molecule has 0 bridgehead atoms. The summed E-state index contributed by atoms with van der Waals surface area (Å²) >= 11 is 0. The molecule has 0 heterocycles. The van der Waals surface area contributed by atoms with Crippen LogP contribution in [-0.2, 0) is 16.6 Å². The van der Waals surface area contributed by atoms with Gasteiger partial charge in [0.2, 0.25) is 0 Å². The number of hydrogen-bond donors (Lipinski definition) is 2. The highest BCUT2D eigenvalue weighted by Gasteiger charge is 2.16. The molecule has 0 saturated carbocycles. The number of benzene rings is 3. The van der Waals surface area contributed by atoms with Crippen molar-refractivity contribution in [1.29, 1.82) is 0 Å². The summed E-state index contributed by atoms with van der Waals surface area (Å²) in [6, 6.07) is 18.4. The Kier molecular flexibility index (Phi) is 6.86. The van der Waals surface area contributed by atoms with E-state index < -0.39 is 22.5 Å². The Labute approximate surface area is 178 Å². The molecule has 31 heavy (non-hydrogen) atoms. The summed E-state index contributed by atoms with van der Waals surface area (Å²) in [6.45, 7) is -0.927. The molecule has 3 aromatic rings. The molecule has 0 fully saturated rings. The van der Waals surface area contributed by atoms with Crippen molar-refractivity contribution in [3.8, 4) is 5.75 Å². The van der Waals surface area contributed by atoms with Gasteiger partial charge in [0, 0.05) is 17.8 Å². The fraction of sp³-hybridized carbons (Fsp3) is 0.136. The lowest BCUT2D eigenvalue weighted by molar-refractivity contribution is -0.0498. The molecule has 1 amide bonds.